The van der Waals surface area contributed by atoms with Crippen LogP contribution in [-0.2, 0) is 4.79 Å². The van der Waals surface area contributed by atoms with Gasteiger partial charge >= 0.3 is 0 Å². The Hall–Kier alpha value is -1.62. The standard InChI is InChI=1S/C15H18ClN3O2/c1-9-6-11(7-13(16)17-9)15(21)19-5-4-12-10(8-19)2-3-14(20)18-12/h6-7,10,12H,2-5,8H2,1H3,(H,18,20). The number of halogens is 1. The number of carbonyl (C=O) groups excluding carboxylic acids is 2. The zero-order valence-electron chi connectivity index (χ0n) is 11.9. The van der Waals surface area contributed by atoms with Gasteiger partial charge in [0.15, 0.2) is 0 Å². The fourth-order valence-electron chi connectivity index (χ4n) is 3.23. The summed E-state index contributed by atoms with van der Waals surface area (Å²) in [5.41, 5.74) is 1.33. The van der Waals surface area contributed by atoms with E-state index < -0.39 is 0 Å². The molecule has 2 aliphatic rings. The summed E-state index contributed by atoms with van der Waals surface area (Å²) in [6.45, 7) is 3.19. The summed E-state index contributed by atoms with van der Waals surface area (Å²) in [5, 5.41) is 3.37. The minimum atomic E-state index is -0.00208. The SMILES string of the molecule is Cc1cc(C(=O)N2CCC3NC(=O)CCC3C2)cc(Cl)n1. The smallest absolute Gasteiger partial charge is 0.254 e. The molecule has 2 atom stereocenters. The lowest BCUT2D eigenvalue weighted by Crippen LogP contribution is -2.55. The van der Waals surface area contributed by atoms with Gasteiger partial charge in [0.2, 0.25) is 5.91 Å². The number of piperidine rings is 2. The molecule has 3 rings (SSSR count). The van der Waals surface area contributed by atoms with Crippen LogP contribution >= 0.6 is 11.6 Å². The molecule has 6 heteroatoms. The van der Waals surface area contributed by atoms with E-state index in [1.807, 2.05) is 11.8 Å². The van der Waals surface area contributed by atoms with E-state index in [9.17, 15) is 9.59 Å². The van der Waals surface area contributed by atoms with Gasteiger partial charge < -0.3 is 10.2 Å². The van der Waals surface area contributed by atoms with Crippen molar-refractivity contribution >= 4 is 23.4 Å². The number of hydrogen-bond acceptors (Lipinski definition) is 3. The van der Waals surface area contributed by atoms with Gasteiger partial charge in [-0.05, 0) is 37.8 Å². The number of pyridine rings is 1. The van der Waals surface area contributed by atoms with Crippen LogP contribution < -0.4 is 5.32 Å². The third-order valence-corrected chi connectivity index (χ3v) is 4.47. The predicted octanol–water partition coefficient (Wildman–Crippen LogP) is 1.78. The number of rotatable bonds is 1. The summed E-state index contributed by atoms with van der Waals surface area (Å²) < 4.78 is 0. The van der Waals surface area contributed by atoms with Gasteiger partial charge in [-0.3, -0.25) is 9.59 Å². The lowest BCUT2D eigenvalue weighted by Gasteiger charge is -2.41. The van der Waals surface area contributed by atoms with Crippen molar-refractivity contribution in [1.82, 2.24) is 15.2 Å². The summed E-state index contributed by atoms with van der Waals surface area (Å²) in [6, 6.07) is 3.60. The zero-order valence-corrected chi connectivity index (χ0v) is 12.7. The Morgan fingerprint density at radius 3 is 3.00 bits per heavy atom. The second kappa shape index (κ2) is 5.64. The van der Waals surface area contributed by atoms with E-state index in [2.05, 4.69) is 10.3 Å². The van der Waals surface area contributed by atoms with Gasteiger partial charge in [-0.15, -0.1) is 0 Å². The minimum absolute atomic E-state index is 0.00208. The van der Waals surface area contributed by atoms with Crippen molar-refractivity contribution in [2.45, 2.75) is 32.2 Å². The van der Waals surface area contributed by atoms with Gasteiger partial charge in [0.05, 0.1) is 0 Å². The molecule has 2 fully saturated rings. The van der Waals surface area contributed by atoms with Crippen LogP contribution in [0, 0.1) is 12.8 Å². The van der Waals surface area contributed by atoms with Crippen molar-refractivity contribution in [3.05, 3.63) is 28.5 Å². The van der Waals surface area contributed by atoms with Crippen molar-refractivity contribution in [2.75, 3.05) is 13.1 Å². The summed E-state index contributed by atoms with van der Waals surface area (Å²) in [6.07, 6.45) is 2.24. The number of nitrogens with one attached hydrogen (secondary N) is 1. The Bertz CT molecular complexity index is 570. The molecule has 5 nitrogen and oxygen atoms in total. The average Bonchev–Trinajstić information content (AvgIpc) is 2.45. The lowest BCUT2D eigenvalue weighted by atomic mass is 9.85. The highest BCUT2D eigenvalue weighted by molar-refractivity contribution is 6.29. The Morgan fingerprint density at radius 1 is 1.43 bits per heavy atom. The number of nitrogens with zero attached hydrogens (tertiary/aromatic N) is 2. The second-order valence-corrected chi connectivity index (χ2v) is 6.22. The van der Waals surface area contributed by atoms with E-state index in [0.717, 1.165) is 18.5 Å². The summed E-state index contributed by atoms with van der Waals surface area (Å²) in [4.78, 5) is 30.0. The van der Waals surface area contributed by atoms with E-state index in [-0.39, 0.29) is 17.9 Å². The van der Waals surface area contributed by atoms with E-state index in [1.165, 1.54) is 0 Å². The molecule has 0 aliphatic carbocycles. The Labute approximate surface area is 128 Å². The second-order valence-electron chi connectivity index (χ2n) is 5.83. The Balaban J connectivity index is 1.73. The Morgan fingerprint density at radius 2 is 2.24 bits per heavy atom. The van der Waals surface area contributed by atoms with Crippen LogP contribution in [0.5, 0.6) is 0 Å². The van der Waals surface area contributed by atoms with Gasteiger partial charge in [-0.25, -0.2) is 4.98 Å². The first-order chi connectivity index (χ1) is 10.0. The number of amides is 2. The number of hydrogen-bond donors (Lipinski definition) is 1. The van der Waals surface area contributed by atoms with Crippen molar-refractivity contribution in [2.24, 2.45) is 5.92 Å². The highest BCUT2D eigenvalue weighted by Gasteiger charge is 2.35. The van der Waals surface area contributed by atoms with Crippen molar-refractivity contribution in [3.63, 3.8) is 0 Å². The molecule has 112 valence electrons. The van der Waals surface area contributed by atoms with Gasteiger partial charge in [-0.1, -0.05) is 11.6 Å². The van der Waals surface area contributed by atoms with Crippen molar-refractivity contribution in [3.8, 4) is 0 Å². The van der Waals surface area contributed by atoms with E-state index in [1.54, 1.807) is 12.1 Å². The highest BCUT2D eigenvalue weighted by Crippen LogP contribution is 2.26. The molecule has 2 saturated heterocycles. The van der Waals surface area contributed by atoms with Crippen molar-refractivity contribution in [1.29, 1.82) is 0 Å². The fourth-order valence-corrected chi connectivity index (χ4v) is 3.48. The van der Waals surface area contributed by atoms with Crippen LogP contribution in [0.2, 0.25) is 5.15 Å². The van der Waals surface area contributed by atoms with Crippen LogP contribution in [0.1, 0.15) is 35.3 Å². The lowest BCUT2D eigenvalue weighted by molar-refractivity contribution is -0.125. The molecule has 21 heavy (non-hydrogen) atoms. The van der Waals surface area contributed by atoms with E-state index >= 15 is 0 Å². The van der Waals surface area contributed by atoms with Crippen molar-refractivity contribution < 1.29 is 9.59 Å². The highest BCUT2D eigenvalue weighted by atomic mass is 35.5. The summed E-state index contributed by atoms with van der Waals surface area (Å²) in [5.74, 6) is 0.490. The summed E-state index contributed by atoms with van der Waals surface area (Å²) >= 11 is 5.93. The molecule has 2 unspecified atom stereocenters. The third-order valence-electron chi connectivity index (χ3n) is 4.28. The quantitative estimate of drug-likeness (QED) is 0.805. The number of likely N-dealkylation sites (tertiary alicyclic amines) is 1. The van der Waals surface area contributed by atoms with Gasteiger partial charge in [0.1, 0.15) is 5.15 Å². The molecule has 0 aromatic carbocycles. The maximum Gasteiger partial charge on any atom is 0.254 e. The first-order valence-corrected chi connectivity index (χ1v) is 7.63. The van der Waals surface area contributed by atoms with E-state index in [0.29, 0.717) is 36.1 Å². The molecule has 0 saturated carbocycles. The number of carbonyl (C=O) groups is 2. The molecule has 2 amide bonds. The molecular weight excluding hydrogens is 290 g/mol. The maximum atomic E-state index is 12.6. The van der Waals surface area contributed by atoms with Crippen LogP contribution in [0.25, 0.3) is 0 Å². The third kappa shape index (κ3) is 3.02. The molecular formula is C15H18ClN3O2. The molecule has 1 aromatic heterocycles. The Kier molecular flexibility index (Phi) is 3.85. The van der Waals surface area contributed by atoms with Crippen LogP contribution in [-0.4, -0.2) is 40.8 Å². The number of aryl methyl sites for hydroxylation is 1. The maximum absolute atomic E-state index is 12.6. The van der Waals surface area contributed by atoms with Crippen LogP contribution in [0.15, 0.2) is 12.1 Å². The topological polar surface area (TPSA) is 62.3 Å². The fraction of sp³-hybridized carbons (Fsp3) is 0.533. The molecule has 0 radical (unpaired) electrons. The first-order valence-electron chi connectivity index (χ1n) is 7.26. The minimum Gasteiger partial charge on any atom is -0.353 e. The molecule has 2 aliphatic heterocycles. The first kappa shape index (κ1) is 14.3. The molecule has 0 spiro atoms. The molecule has 1 aromatic rings. The molecule has 3 heterocycles. The summed E-state index contributed by atoms with van der Waals surface area (Å²) in [7, 11) is 0. The average molecular weight is 308 g/mol. The van der Waals surface area contributed by atoms with Gasteiger partial charge in [0, 0.05) is 36.8 Å². The van der Waals surface area contributed by atoms with Crippen LogP contribution in [0.3, 0.4) is 0 Å². The molecule has 0 bridgehead atoms. The number of fused-ring (bicyclic) bond motifs is 1. The molecule has 1 N–H and O–H groups in total. The zero-order chi connectivity index (χ0) is 15.0. The van der Waals surface area contributed by atoms with Gasteiger partial charge in [-0.2, -0.15) is 0 Å². The largest absolute Gasteiger partial charge is 0.353 e. The normalized spacial score (nSPS) is 25.2. The predicted molar refractivity (Wildman–Crippen MR) is 79.2 cm³/mol. The monoisotopic (exact) mass is 307 g/mol. The van der Waals surface area contributed by atoms with Crippen LogP contribution in [0.4, 0.5) is 0 Å². The van der Waals surface area contributed by atoms with E-state index in [4.69, 9.17) is 11.6 Å². The number of aromatic nitrogens is 1. The van der Waals surface area contributed by atoms with Gasteiger partial charge in [0.25, 0.3) is 5.91 Å².